The van der Waals surface area contributed by atoms with Crippen molar-refractivity contribution in [1.82, 2.24) is 5.06 Å². The number of rotatable bonds is 1. The van der Waals surface area contributed by atoms with Crippen LogP contribution in [0.25, 0.3) is 0 Å². The van der Waals surface area contributed by atoms with E-state index in [0.29, 0.717) is 12.1 Å². The zero-order valence-electron chi connectivity index (χ0n) is 8.93. The maximum absolute atomic E-state index is 5.98. The molecule has 2 atom stereocenters. The Morgan fingerprint density at radius 1 is 1.13 bits per heavy atom. The lowest BCUT2D eigenvalue weighted by Crippen LogP contribution is -2.32. The van der Waals surface area contributed by atoms with Gasteiger partial charge in [0.05, 0.1) is 0 Å². The molecule has 15 heavy (non-hydrogen) atoms. The summed E-state index contributed by atoms with van der Waals surface area (Å²) < 4.78 is 0. The van der Waals surface area contributed by atoms with E-state index in [2.05, 4.69) is 35.4 Å². The second-order valence-corrected chi connectivity index (χ2v) is 4.53. The van der Waals surface area contributed by atoms with Crippen LogP contribution in [0.3, 0.4) is 0 Å². The summed E-state index contributed by atoms with van der Waals surface area (Å²) >= 11 is 0. The summed E-state index contributed by atoms with van der Waals surface area (Å²) in [6.07, 6.45) is 5.44. The number of hydroxylamine groups is 2. The maximum Gasteiger partial charge on any atom is 0.106 e. The molecule has 2 aliphatic rings. The Kier molecular flexibility index (Phi) is 2.47. The van der Waals surface area contributed by atoms with Gasteiger partial charge < -0.3 is 0 Å². The molecule has 1 aromatic rings. The smallest absolute Gasteiger partial charge is 0.106 e. The highest BCUT2D eigenvalue weighted by Gasteiger charge is 2.35. The van der Waals surface area contributed by atoms with Gasteiger partial charge in [-0.25, -0.2) is 0 Å². The van der Waals surface area contributed by atoms with Crippen molar-refractivity contribution < 1.29 is 4.84 Å². The monoisotopic (exact) mass is 203 g/mol. The highest BCUT2D eigenvalue weighted by molar-refractivity contribution is 5.18. The number of hydrogen-bond donors (Lipinski definition) is 0. The van der Waals surface area contributed by atoms with Crippen molar-refractivity contribution in [2.75, 3.05) is 6.54 Å². The highest BCUT2D eigenvalue weighted by Crippen LogP contribution is 2.37. The highest BCUT2D eigenvalue weighted by atomic mass is 16.7. The molecule has 0 N–H and O–H groups in total. The minimum atomic E-state index is 0.300. The molecule has 0 unspecified atom stereocenters. The van der Waals surface area contributed by atoms with E-state index in [9.17, 15) is 0 Å². The Bertz CT molecular complexity index is 311. The van der Waals surface area contributed by atoms with Crippen molar-refractivity contribution in [2.24, 2.45) is 0 Å². The van der Waals surface area contributed by atoms with Gasteiger partial charge in [0.1, 0.15) is 6.10 Å². The molecule has 0 aliphatic carbocycles. The summed E-state index contributed by atoms with van der Waals surface area (Å²) in [6.45, 7) is 1.12. The minimum Gasteiger partial charge on any atom is -0.291 e. The van der Waals surface area contributed by atoms with Gasteiger partial charge in [0.25, 0.3) is 0 Å². The van der Waals surface area contributed by atoms with Crippen LogP contribution in [0.1, 0.15) is 37.4 Å². The fourth-order valence-corrected chi connectivity index (χ4v) is 2.67. The molecule has 2 fully saturated rings. The van der Waals surface area contributed by atoms with Crippen molar-refractivity contribution in [3.05, 3.63) is 35.9 Å². The van der Waals surface area contributed by atoms with Crippen molar-refractivity contribution in [3.63, 3.8) is 0 Å². The molecule has 2 heterocycles. The van der Waals surface area contributed by atoms with Gasteiger partial charge in [0.2, 0.25) is 0 Å². The topological polar surface area (TPSA) is 12.5 Å². The molecule has 0 aromatic heterocycles. The second kappa shape index (κ2) is 3.95. The van der Waals surface area contributed by atoms with Crippen LogP contribution >= 0.6 is 0 Å². The molecule has 0 radical (unpaired) electrons. The molecule has 80 valence electrons. The van der Waals surface area contributed by atoms with E-state index in [1.54, 1.807) is 0 Å². The minimum absolute atomic E-state index is 0.300. The number of hydrogen-bond acceptors (Lipinski definition) is 2. The van der Waals surface area contributed by atoms with Crippen LogP contribution in [-0.2, 0) is 4.84 Å². The van der Waals surface area contributed by atoms with Crippen LogP contribution in [0, 0.1) is 0 Å². The van der Waals surface area contributed by atoms with Crippen LogP contribution in [0.15, 0.2) is 30.3 Å². The molecule has 2 heteroatoms. The van der Waals surface area contributed by atoms with E-state index in [4.69, 9.17) is 4.84 Å². The first kappa shape index (κ1) is 9.37. The van der Waals surface area contributed by atoms with Crippen LogP contribution in [0.4, 0.5) is 0 Å². The van der Waals surface area contributed by atoms with Gasteiger partial charge >= 0.3 is 0 Å². The summed E-state index contributed by atoms with van der Waals surface area (Å²) in [7, 11) is 0. The predicted octanol–water partition coefficient (Wildman–Crippen LogP) is 2.92. The fourth-order valence-electron chi connectivity index (χ4n) is 2.67. The number of piperidine rings is 1. The predicted molar refractivity (Wildman–Crippen MR) is 59.2 cm³/mol. The van der Waals surface area contributed by atoms with Crippen LogP contribution in [-0.4, -0.2) is 17.6 Å². The standard InChI is InChI=1S/C13H17NO/c1-2-6-11(7-3-1)13-10-12-8-4-5-9-14(12)15-13/h1-3,6-7,12-13H,4-5,8-10H2/t12-,13+/m1/s1. The van der Waals surface area contributed by atoms with Gasteiger partial charge in [-0.3, -0.25) is 4.84 Å². The van der Waals surface area contributed by atoms with E-state index >= 15 is 0 Å². The maximum atomic E-state index is 5.98. The SMILES string of the molecule is c1ccc([C@@H]2C[C@H]3CCCCN3O2)cc1. The zero-order chi connectivity index (χ0) is 10.1. The van der Waals surface area contributed by atoms with Gasteiger partial charge in [0.15, 0.2) is 0 Å². The molecule has 0 saturated carbocycles. The molecule has 0 bridgehead atoms. The van der Waals surface area contributed by atoms with Crippen LogP contribution < -0.4 is 0 Å². The quantitative estimate of drug-likeness (QED) is 0.696. The molecular formula is C13H17NO. The van der Waals surface area contributed by atoms with E-state index < -0.39 is 0 Å². The Morgan fingerprint density at radius 2 is 2.00 bits per heavy atom. The lowest BCUT2D eigenvalue weighted by Gasteiger charge is -2.26. The molecule has 2 nitrogen and oxygen atoms in total. The molecule has 0 amide bonds. The molecule has 0 spiro atoms. The van der Waals surface area contributed by atoms with Crippen molar-refractivity contribution in [3.8, 4) is 0 Å². The zero-order valence-corrected chi connectivity index (χ0v) is 8.93. The third kappa shape index (κ3) is 1.80. The Morgan fingerprint density at radius 3 is 2.80 bits per heavy atom. The third-order valence-electron chi connectivity index (χ3n) is 3.49. The number of fused-ring (bicyclic) bond motifs is 1. The first-order chi connectivity index (χ1) is 7.43. The van der Waals surface area contributed by atoms with Gasteiger partial charge in [-0.05, 0) is 24.8 Å². The lowest BCUT2D eigenvalue weighted by molar-refractivity contribution is -0.173. The summed E-state index contributed by atoms with van der Waals surface area (Å²) in [5.74, 6) is 0. The van der Waals surface area contributed by atoms with Gasteiger partial charge in [-0.15, -0.1) is 0 Å². The number of nitrogens with zero attached hydrogens (tertiary/aromatic N) is 1. The Balaban J connectivity index is 1.75. The second-order valence-electron chi connectivity index (χ2n) is 4.53. The van der Waals surface area contributed by atoms with Crippen molar-refractivity contribution in [2.45, 2.75) is 37.8 Å². The van der Waals surface area contributed by atoms with E-state index in [0.717, 1.165) is 6.54 Å². The summed E-state index contributed by atoms with van der Waals surface area (Å²) in [5.41, 5.74) is 1.33. The average molecular weight is 203 g/mol. The lowest BCUT2D eigenvalue weighted by atomic mass is 9.97. The third-order valence-corrected chi connectivity index (χ3v) is 3.49. The summed E-state index contributed by atoms with van der Waals surface area (Å²) in [4.78, 5) is 5.98. The Labute approximate surface area is 90.8 Å². The van der Waals surface area contributed by atoms with Crippen LogP contribution in [0.2, 0.25) is 0 Å². The van der Waals surface area contributed by atoms with Gasteiger partial charge in [0, 0.05) is 12.6 Å². The van der Waals surface area contributed by atoms with E-state index in [1.807, 2.05) is 0 Å². The average Bonchev–Trinajstić information content (AvgIpc) is 2.74. The first-order valence-corrected chi connectivity index (χ1v) is 5.92. The fraction of sp³-hybridized carbons (Fsp3) is 0.538. The first-order valence-electron chi connectivity index (χ1n) is 5.92. The Hall–Kier alpha value is -0.860. The summed E-state index contributed by atoms with van der Waals surface area (Å²) in [6, 6.07) is 11.3. The normalized spacial score (nSPS) is 31.5. The van der Waals surface area contributed by atoms with Crippen molar-refractivity contribution in [1.29, 1.82) is 0 Å². The molecule has 1 aromatic carbocycles. The number of benzene rings is 1. The molecule has 2 saturated heterocycles. The van der Waals surface area contributed by atoms with Gasteiger partial charge in [-0.1, -0.05) is 36.8 Å². The van der Waals surface area contributed by atoms with E-state index in [-0.39, 0.29) is 0 Å². The van der Waals surface area contributed by atoms with Gasteiger partial charge in [-0.2, -0.15) is 5.06 Å². The molecule has 3 rings (SSSR count). The molecule has 2 aliphatic heterocycles. The summed E-state index contributed by atoms with van der Waals surface area (Å²) in [5, 5.41) is 2.21. The van der Waals surface area contributed by atoms with E-state index in [1.165, 1.54) is 31.2 Å². The van der Waals surface area contributed by atoms with Crippen LogP contribution in [0.5, 0.6) is 0 Å². The van der Waals surface area contributed by atoms with Crippen molar-refractivity contribution >= 4 is 0 Å². The molecular weight excluding hydrogens is 186 g/mol. The largest absolute Gasteiger partial charge is 0.291 e.